The highest BCUT2D eigenvalue weighted by Gasteiger charge is 2.27. The number of fused-ring (bicyclic) bond motifs is 1. The Bertz CT molecular complexity index is 681. The number of aryl methyl sites for hydroxylation is 2. The van der Waals surface area contributed by atoms with Gasteiger partial charge in [-0.3, -0.25) is 4.79 Å². The highest BCUT2D eigenvalue weighted by atomic mass is 16.6. The highest BCUT2D eigenvalue weighted by molar-refractivity contribution is 5.95. The molecule has 0 saturated carbocycles. The molecule has 1 aliphatic heterocycles. The fraction of sp³-hybridized carbons (Fsp3) is 0.235. The van der Waals surface area contributed by atoms with Crippen LogP contribution in [-0.4, -0.2) is 18.6 Å². The summed E-state index contributed by atoms with van der Waals surface area (Å²) in [7, 11) is 0. The van der Waals surface area contributed by atoms with Crippen LogP contribution in [0.5, 0.6) is 11.5 Å². The van der Waals surface area contributed by atoms with Gasteiger partial charge in [-0.25, -0.2) is 0 Å². The summed E-state index contributed by atoms with van der Waals surface area (Å²) >= 11 is 0. The molecule has 1 amide bonds. The lowest BCUT2D eigenvalue weighted by Gasteiger charge is -2.25. The summed E-state index contributed by atoms with van der Waals surface area (Å²) in [6.07, 6.45) is -0.639. The maximum Gasteiger partial charge on any atom is 0.269 e. The van der Waals surface area contributed by atoms with Crippen molar-refractivity contribution in [2.24, 2.45) is 0 Å². The molecule has 1 atom stereocenters. The Labute approximate surface area is 123 Å². The number of benzene rings is 2. The van der Waals surface area contributed by atoms with Crippen molar-refractivity contribution in [3.05, 3.63) is 53.6 Å². The van der Waals surface area contributed by atoms with Crippen LogP contribution in [-0.2, 0) is 4.79 Å². The van der Waals surface area contributed by atoms with E-state index in [-0.39, 0.29) is 12.5 Å². The van der Waals surface area contributed by atoms with Gasteiger partial charge in [0, 0.05) is 5.69 Å². The average Bonchev–Trinajstić information content (AvgIpc) is 2.50. The van der Waals surface area contributed by atoms with Gasteiger partial charge in [-0.2, -0.15) is 0 Å². The Kier molecular flexibility index (Phi) is 3.52. The van der Waals surface area contributed by atoms with E-state index in [0.29, 0.717) is 11.5 Å². The normalized spacial score (nSPS) is 16.4. The number of rotatable bonds is 2. The lowest BCUT2D eigenvalue weighted by Crippen LogP contribution is -2.40. The van der Waals surface area contributed by atoms with Crippen molar-refractivity contribution in [2.45, 2.75) is 20.0 Å². The van der Waals surface area contributed by atoms with Crippen LogP contribution >= 0.6 is 0 Å². The SMILES string of the molecule is Cc1ccc(C)c(NC(=O)[C@@H]2COc3ccccc3O2)c1. The largest absolute Gasteiger partial charge is 0.485 e. The van der Waals surface area contributed by atoms with Crippen molar-refractivity contribution in [1.29, 1.82) is 0 Å². The van der Waals surface area contributed by atoms with Crippen LogP contribution in [0.2, 0.25) is 0 Å². The molecule has 1 heterocycles. The lowest BCUT2D eigenvalue weighted by molar-refractivity contribution is -0.125. The van der Waals surface area contributed by atoms with Gasteiger partial charge in [-0.1, -0.05) is 24.3 Å². The van der Waals surface area contributed by atoms with Crippen LogP contribution < -0.4 is 14.8 Å². The van der Waals surface area contributed by atoms with Gasteiger partial charge in [0.25, 0.3) is 5.91 Å². The molecule has 1 N–H and O–H groups in total. The second-order valence-corrected chi connectivity index (χ2v) is 5.17. The van der Waals surface area contributed by atoms with Gasteiger partial charge < -0.3 is 14.8 Å². The van der Waals surface area contributed by atoms with Crippen LogP contribution in [0.15, 0.2) is 42.5 Å². The Morgan fingerprint density at radius 3 is 2.71 bits per heavy atom. The van der Waals surface area contributed by atoms with Gasteiger partial charge in [-0.05, 0) is 43.2 Å². The highest BCUT2D eigenvalue weighted by Crippen LogP contribution is 2.31. The first-order chi connectivity index (χ1) is 10.1. The average molecular weight is 283 g/mol. The molecule has 2 aromatic rings. The molecular weight excluding hydrogens is 266 g/mol. The molecule has 108 valence electrons. The third-order valence-electron chi connectivity index (χ3n) is 3.45. The standard InChI is InChI=1S/C17H17NO3/c1-11-7-8-12(2)13(9-11)18-17(19)16-10-20-14-5-3-4-6-15(14)21-16/h3-9,16H,10H2,1-2H3,(H,18,19)/t16-/m0/s1. The first kappa shape index (κ1) is 13.5. The summed E-state index contributed by atoms with van der Waals surface area (Å²) in [5.41, 5.74) is 2.93. The molecule has 1 aliphatic rings. The molecule has 0 fully saturated rings. The molecule has 4 heteroatoms. The van der Waals surface area contributed by atoms with Crippen molar-refractivity contribution >= 4 is 11.6 Å². The molecule has 4 nitrogen and oxygen atoms in total. The minimum absolute atomic E-state index is 0.196. The predicted molar refractivity (Wildman–Crippen MR) is 80.9 cm³/mol. The number of hydrogen-bond acceptors (Lipinski definition) is 3. The van der Waals surface area contributed by atoms with Crippen molar-refractivity contribution in [2.75, 3.05) is 11.9 Å². The van der Waals surface area contributed by atoms with Crippen molar-refractivity contribution in [3.63, 3.8) is 0 Å². The summed E-state index contributed by atoms with van der Waals surface area (Å²) in [5, 5.41) is 2.91. The van der Waals surface area contributed by atoms with Gasteiger partial charge in [0.05, 0.1) is 0 Å². The summed E-state index contributed by atoms with van der Waals surface area (Å²) in [5.74, 6) is 1.08. The molecular formula is C17H17NO3. The van der Waals surface area contributed by atoms with Crippen LogP contribution in [0.4, 0.5) is 5.69 Å². The van der Waals surface area contributed by atoms with E-state index < -0.39 is 6.10 Å². The van der Waals surface area contributed by atoms with Gasteiger partial charge in [-0.15, -0.1) is 0 Å². The van der Waals surface area contributed by atoms with E-state index in [9.17, 15) is 4.79 Å². The molecule has 0 saturated heterocycles. The minimum atomic E-state index is -0.639. The summed E-state index contributed by atoms with van der Waals surface area (Å²) in [6, 6.07) is 13.3. The number of carbonyl (C=O) groups is 1. The number of para-hydroxylation sites is 2. The minimum Gasteiger partial charge on any atom is -0.485 e. The summed E-state index contributed by atoms with van der Waals surface area (Å²) in [4.78, 5) is 12.3. The van der Waals surface area contributed by atoms with Crippen molar-refractivity contribution in [1.82, 2.24) is 0 Å². The summed E-state index contributed by atoms with van der Waals surface area (Å²) < 4.78 is 11.3. The zero-order valence-corrected chi connectivity index (χ0v) is 12.1. The third-order valence-corrected chi connectivity index (χ3v) is 3.45. The van der Waals surface area contributed by atoms with Crippen LogP contribution in [0.25, 0.3) is 0 Å². The Hall–Kier alpha value is -2.49. The van der Waals surface area contributed by atoms with Gasteiger partial charge in [0.1, 0.15) is 6.61 Å². The number of amides is 1. The van der Waals surface area contributed by atoms with Gasteiger partial charge in [0.15, 0.2) is 11.5 Å². The number of carbonyl (C=O) groups excluding carboxylic acids is 1. The van der Waals surface area contributed by atoms with E-state index in [1.165, 1.54) is 0 Å². The fourth-order valence-electron chi connectivity index (χ4n) is 2.23. The topological polar surface area (TPSA) is 47.6 Å². The first-order valence-corrected chi connectivity index (χ1v) is 6.90. The molecule has 3 rings (SSSR count). The predicted octanol–water partition coefficient (Wildman–Crippen LogP) is 3.08. The molecule has 0 spiro atoms. The smallest absolute Gasteiger partial charge is 0.269 e. The summed E-state index contributed by atoms with van der Waals surface area (Å²) in [6.45, 7) is 4.17. The number of hydrogen-bond donors (Lipinski definition) is 1. The fourth-order valence-corrected chi connectivity index (χ4v) is 2.23. The van der Waals surface area contributed by atoms with Crippen molar-refractivity contribution < 1.29 is 14.3 Å². The third kappa shape index (κ3) is 2.84. The van der Waals surface area contributed by atoms with E-state index in [1.54, 1.807) is 6.07 Å². The van der Waals surface area contributed by atoms with E-state index in [2.05, 4.69) is 5.32 Å². The Morgan fingerprint density at radius 2 is 1.90 bits per heavy atom. The van der Waals surface area contributed by atoms with Crippen LogP contribution in [0.3, 0.4) is 0 Å². The maximum absolute atomic E-state index is 12.3. The van der Waals surface area contributed by atoms with Crippen molar-refractivity contribution in [3.8, 4) is 11.5 Å². The quantitative estimate of drug-likeness (QED) is 0.921. The number of nitrogens with one attached hydrogen (secondary N) is 1. The van der Waals surface area contributed by atoms with Gasteiger partial charge >= 0.3 is 0 Å². The van der Waals surface area contributed by atoms with Crippen LogP contribution in [0.1, 0.15) is 11.1 Å². The Morgan fingerprint density at radius 1 is 1.14 bits per heavy atom. The molecule has 0 radical (unpaired) electrons. The lowest BCUT2D eigenvalue weighted by atomic mass is 10.1. The molecule has 0 bridgehead atoms. The second kappa shape index (κ2) is 5.48. The number of ether oxygens (including phenoxy) is 2. The zero-order chi connectivity index (χ0) is 14.8. The molecule has 21 heavy (non-hydrogen) atoms. The van der Waals surface area contributed by atoms with E-state index in [0.717, 1.165) is 16.8 Å². The van der Waals surface area contributed by atoms with E-state index >= 15 is 0 Å². The molecule has 2 aromatic carbocycles. The first-order valence-electron chi connectivity index (χ1n) is 6.90. The van der Waals surface area contributed by atoms with Gasteiger partial charge in [0.2, 0.25) is 6.10 Å². The Balaban J connectivity index is 1.74. The maximum atomic E-state index is 12.3. The van der Waals surface area contributed by atoms with E-state index in [4.69, 9.17) is 9.47 Å². The number of anilines is 1. The van der Waals surface area contributed by atoms with Crippen LogP contribution in [0, 0.1) is 13.8 Å². The second-order valence-electron chi connectivity index (χ2n) is 5.17. The zero-order valence-electron chi connectivity index (χ0n) is 12.1. The molecule has 0 aromatic heterocycles. The van der Waals surface area contributed by atoms with E-state index in [1.807, 2.05) is 50.2 Å². The molecule has 0 unspecified atom stereocenters. The monoisotopic (exact) mass is 283 g/mol. The molecule has 0 aliphatic carbocycles.